The number of nitrogens with one attached hydrogen (secondary N) is 1. The highest BCUT2D eigenvalue weighted by Gasteiger charge is 2.33. The topological polar surface area (TPSA) is 107 Å². The van der Waals surface area contributed by atoms with E-state index in [-0.39, 0.29) is 33.2 Å². The largest absolute Gasteiger partial charge is 0.495 e. The molecule has 0 spiro atoms. The summed E-state index contributed by atoms with van der Waals surface area (Å²) in [6.45, 7) is 3.21. The molecule has 0 aliphatic carbocycles. The zero-order chi connectivity index (χ0) is 20.0. The summed E-state index contributed by atoms with van der Waals surface area (Å²) in [6, 6.07) is 4.21. The van der Waals surface area contributed by atoms with Crippen molar-refractivity contribution in [2.45, 2.75) is 31.2 Å². The number of benzene rings is 1. The minimum Gasteiger partial charge on any atom is -0.495 e. The lowest BCUT2D eigenvalue weighted by Crippen LogP contribution is -2.17. The summed E-state index contributed by atoms with van der Waals surface area (Å²) < 4.78 is 58.4. The lowest BCUT2D eigenvalue weighted by atomic mass is 10.2. The van der Waals surface area contributed by atoms with E-state index in [1.165, 1.54) is 17.9 Å². The van der Waals surface area contributed by atoms with Gasteiger partial charge < -0.3 is 4.74 Å². The Kier molecular flexibility index (Phi) is 5.17. The van der Waals surface area contributed by atoms with Gasteiger partial charge in [0, 0.05) is 0 Å². The van der Waals surface area contributed by atoms with Gasteiger partial charge in [0.25, 0.3) is 10.0 Å². The second kappa shape index (κ2) is 6.99. The number of hydrogen-bond donors (Lipinski definition) is 1. The van der Waals surface area contributed by atoms with Crippen molar-refractivity contribution in [2.24, 2.45) is 0 Å². The highest BCUT2D eigenvalue weighted by molar-refractivity contribution is 7.92. The van der Waals surface area contributed by atoms with Crippen molar-refractivity contribution in [2.75, 3.05) is 23.3 Å². The number of ether oxygens (including phenoxy) is 1. The first-order valence-corrected chi connectivity index (χ1v) is 11.8. The first-order valence-electron chi connectivity index (χ1n) is 8.16. The van der Waals surface area contributed by atoms with Crippen LogP contribution in [0.1, 0.15) is 23.9 Å². The molecule has 148 valence electrons. The van der Waals surface area contributed by atoms with Crippen molar-refractivity contribution in [1.29, 1.82) is 0 Å². The highest BCUT2D eigenvalue weighted by atomic mass is 35.5. The second-order valence-corrected chi connectivity index (χ2v) is 10.7. The van der Waals surface area contributed by atoms with E-state index in [1.54, 1.807) is 26.0 Å². The smallest absolute Gasteiger partial charge is 0.265 e. The molecule has 1 aliphatic rings. The molecule has 1 aromatic heterocycles. The van der Waals surface area contributed by atoms with Crippen LogP contribution in [0.25, 0.3) is 0 Å². The van der Waals surface area contributed by atoms with E-state index in [0.29, 0.717) is 23.6 Å². The molecule has 8 nitrogen and oxygen atoms in total. The van der Waals surface area contributed by atoms with E-state index in [9.17, 15) is 16.8 Å². The van der Waals surface area contributed by atoms with Gasteiger partial charge in [-0.1, -0.05) is 11.6 Å². The number of rotatable bonds is 5. The Hall–Kier alpha value is -1.78. The molecule has 2 aromatic rings. The Morgan fingerprint density at radius 3 is 2.59 bits per heavy atom. The number of sulfonamides is 1. The van der Waals surface area contributed by atoms with Gasteiger partial charge in [-0.3, -0.25) is 9.40 Å². The van der Waals surface area contributed by atoms with Gasteiger partial charge in [-0.2, -0.15) is 5.10 Å². The number of nitrogens with zero attached hydrogens (tertiary/aromatic N) is 2. The van der Waals surface area contributed by atoms with Gasteiger partial charge in [0.15, 0.2) is 9.84 Å². The molecule has 1 saturated heterocycles. The van der Waals surface area contributed by atoms with Gasteiger partial charge in [-0.05, 0) is 38.5 Å². The van der Waals surface area contributed by atoms with Crippen LogP contribution in [-0.2, 0) is 19.9 Å². The number of hydrogen-bond acceptors (Lipinski definition) is 6. The molecule has 11 heteroatoms. The van der Waals surface area contributed by atoms with Crippen LogP contribution in [0.3, 0.4) is 0 Å². The Balaban J connectivity index is 1.94. The third-order valence-corrected chi connectivity index (χ3v) is 8.16. The van der Waals surface area contributed by atoms with E-state index >= 15 is 0 Å². The van der Waals surface area contributed by atoms with Crippen molar-refractivity contribution in [1.82, 2.24) is 9.78 Å². The summed E-state index contributed by atoms with van der Waals surface area (Å²) in [5.74, 6) is 0.485. The van der Waals surface area contributed by atoms with E-state index in [4.69, 9.17) is 16.3 Å². The third-order valence-electron chi connectivity index (χ3n) is 4.49. The van der Waals surface area contributed by atoms with Crippen LogP contribution in [0, 0.1) is 13.8 Å². The van der Waals surface area contributed by atoms with Gasteiger partial charge in [0.05, 0.1) is 46.8 Å². The molecule has 0 bridgehead atoms. The molecule has 3 rings (SSSR count). The lowest BCUT2D eigenvalue weighted by molar-refractivity contribution is 0.415. The molecule has 1 fully saturated rings. The summed E-state index contributed by atoms with van der Waals surface area (Å²) in [4.78, 5) is 0.0405. The summed E-state index contributed by atoms with van der Waals surface area (Å²) in [5, 5.41) is 4.57. The summed E-state index contributed by atoms with van der Waals surface area (Å²) in [5.41, 5.74) is 1.00. The fourth-order valence-corrected chi connectivity index (χ4v) is 6.70. The van der Waals surface area contributed by atoms with Gasteiger partial charge >= 0.3 is 0 Å². The van der Waals surface area contributed by atoms with Crippen molar-refractivity contribution in [3.05, 3.63) is 34.6 Å². The molecule has 1 atom stereocenters. The van der Waals surface area contributed by atoms with Gasteiger partial charge in [-0.15, -0.1) is 0 Å². The van der Waals surface area contributed by atoms with Crippen LogP contribution in [0.5, 0.6) is 5.75 Å². The van der Waals surface area contributed by atoms with Crippen molar-refractivity contribution in [3.8, 4) is 5.75 Å². The molecule has 27 heavy (non-hydrogen) atoms. The van der Waals surface area contributed by atoms with Gasteiger partial charge in [0.2, 0.25) is 0 Å². The Morgan fingerprint density at radius 2 is 2.04 bits per heavy atom. The van der Waals surface area contributed by atoms with Crippen LogP contribution >= 0.6 is 11.6 Å². The minimum absolute atomic E-state index is 0.0318. The number of aromatic nitrogens is 2. The Bertz CT molecular complexity index is 1090. The van der Waals surface area contributed by atoms with Crippen LogP contribution in [-0.4, -0.2) is 45.2 Å². The number of anilines is 1. The van der Waals surface area contributed by atoms with Crippen molar-refractivity contribution >= 4 is 37.1 Å². The number of sulfone groups is 1. The van der Waals surface area contributed by atoms with Crippen LogP contribution in [0.15, 0.2) is 23.1 Å². The van der Waals surface area contributed by atoms with E-state index in [0.717, 1.165) is 0 Å². The first kappa shape index (κ1) is 20.0. The molecule has 0 radical (unpaired) electrons. The van der Waals surface area contributed by atoms with E-state index in [1.807, 2.05) is 0 Å². The van der Waals surface area contributed by atoms with Crippen LogP contribution in [0.4, 0.5) is 5.69 Å². The molecular weight excluding hydrogens is 414 g/mol. The average molecular weight is 434 g/mol. The summed E-state index contributed by atoms with van der Waals surface area (Å²) >= 11 is 6.05. The zero-order valence-corrected chi connectivity index (χ0v) is 17.4. The normalized spacial score (nSPS) is 19.2. The van der Waals surface area contributed by atoms with E-state index in [2.05, 4.69) is 9.82 Å². The van der Waals surface area contributed by atoms with Crippen LogP contribution in [0.2, 0.25) is 5.02 Å². The summed E-state index contributed by atoms with van der Waals surface area (Å²) in [6.07, 6.45) is 0.422. The monoisotopic (exact) mass is 433 g/mol. The molecule has 1 N–H and O–H groups in total. The number of aryl methyl sites for hydroxylation is 1. The molecule has 0 amide bonds. The SMILES string of the molecule is COc1ccc(NS(=O)(=O)c2c(C)nn(C3CCS(=O)(=O)C3)c2C)cc1Cl. The Labute approximate surface area is 163 Å². The van der Waals surface area contributed by atoms with Crippen LogP contribution < -0.4 is 9.46 Å². The second-order valence-electron chi connectivity index (χ2n) is 6.46. The zero-order valence-electron chi connectivity index (χ0n) is 15.1. The maximum atomic E-state index is 12.9. The fraction of sp³-hybridized carbons (Fsp3) is 0.438. The maximum Gasteiger partial charge on any atom is 0.265 e. The standard InChI is InChI=1S/C16H20ClN3O5S2/c1-10-16(11(2)20(18-10)13-6-7-26(21,22)9-13)27(23,24)19-12-4-5-15(25-3)14(17)8-12/h4-5,8,13,19H,6-7,9H2,1-3H3. The molecule has 1 aliphatic heterocycles. The third kappa shape index (κ3) is 3.92. The van der Waals surface area contributed by atoms with Crippen molar-refractivity contribution < 1.29 is 21.6 Å². The molecule has 0 saturated carbocycles. The predicted octanol–water partition coefficient (Wildman–Crippen LogP) is 2.32. The van der Waals surface area contributed by atoms with Gasteiger partial charge in [0.1, 0.15) is 10.6 Å². The maximum absolute atomic E-state index is 12.9. The van der Waals surface area contributed by atoms with E-state index < -0.39 is 19.9 Å². The Morgan fingerprint density at radius 1 is 1.33 bits per heavy atom. The number of methoxy groups -OCH3 is 1. The fourth-order valence-electron chi connectivity index (χ4n) is 3.30. The average Bonchev–Trinajstić information content (AvgIpc) is 3.06. The molecule has 1 aromatic carbocycles. The molecule has 2 heterocycles. The lowest BCUT2D eigenvalue weighted by Gasteiger charge is -2.13. The molecular formula is C16H20ClN3O5S2. The first-order chi connectivity index (χ1) is 12.5. The predicted molar refractivity (Wildman–Crippen MR) is 103 cm³/mol. The highest BCUT2D eigenvalue weighted by Crippen LogP contribution is 2.31. The van der Waals surface area contributed by atoms with Gasteiger partial charge in [-0.25, -0.2) is 16.8 Å². The van der Waals surface area contributed by atoms with Crippen molar-refractivity contribution in [3.63, 3.8) is 0 Å². The number of halogens is 1. The molecule has 1 unspecified atom stereocenters. The quantitative estimate of drug-likeness (QED) is 0.775. The summed E-state index contributed by atoms with van der Waals surface area (Å²) in [7, 11) is -5.57. The minimum atomic E-state index is -3.93.